The van der Waals surface area contributed by atoms with Gasteiger partial charge in [-0.15, -0.1) is 11.8 Å². The summed E-state index contributed by atoms with van der Waals surface area (Å²) in [6.07, 6.45) is 0. The Kier molecular flexibility index (Phi) is 3.44. The first-order valence-electron chi connectivity index (χ1n) is 9.65. The topological polar surface area (TPSA) is 4.93 Å². The highest BCUT2D eigenvalue weighted by atomic mass is 32.2. The van der Waals surface area contributed by atoms with Crippen LogP contribution in [0.2, 0.25) is 0 Å². The van der Waals surface area contributed by atoms with Gasteiger partial charge >= 0.3 is 0 Å². The van der Waals surface area contributed by atoms with Gasteiger partial charge < -0.3 is 4.57 Å². The molecule has 2 heterocycles. The lowest BCUT2D eigenvalue weighted by Gasteiger charge is -2.20. The number of para-hydroxylation sites is 1. The van der Waals surface area contributed by atoms with Gasteiger partial charge in [0.15, 0.2) is 0 Å². The molecular formula is C26H19NS. The largest absolute Gasteiger partial charge is 0.309 e. The summed E-state index contributed by atoms with van der Waals surface area (Å²) in [6, 6.07) is 31.0. The normalized spacial score (nSPS) is 12.9. The fourth-order valence-corrected chi connectivity index (χ4v) is 5.62. The second kappa shape index (κ2) is 6.02. The maximum atomic E-state index is 2.42. The lowest BCUT2D eigenvalue weighted by Crippen LogP contribution is -1.98. The third-order valence-electron chi connectivity index (χ3n) is 5.76. The SMILES string of the molecule is Cc1ccc2c3c4c(ccc3n(-c3ccccc3)c2c1)-c1ccccc1SC4. The van der Waals surface area contributed by atoms with Crippen molar-refractivity contribution in [2.45, 2.75) is 17.6 Å². The van der Waals surface area contributed by atoms with Gasteiger partial charge in [-0.1, -0.05) is 54.6 Å². The molecule has 134 valence electrons. The fraction of sp³-hybridized carbons (Fsp3) is 0.0769. The summed E-state index contributed by atoms with van der Waals surface area (Å²) in [5.74, 6) is 1.02. The van der Waals surface area contributed by atoms with E-state index in [2.05, 4.69) is 96.4 Å². The summed E-state index contributed by atoms with van der Waals surface area (Å²) in [5, 5.41) is 2.75. The molecule has 2 heteroatoms. The van der Waals surface area contributed by atoms with E-state index in [0.29, 0.717) is 0 Å². The standard InChI is InChI=1S/C26H19NS/c1-17-11-12-21-24(15-17)27(18-7-3-2-4-8-18)23-14-13-19-20-9-5-6-10-25(20)28-16-22(19)26(21)23/h2-15H,16H2,1H3. The van der Waals surface area contributed by atoms with Crippen molar-refractivity contribution < 1.29 is 0 Å². The second-order valence-electron chi connectivity index (χ2n) is 7.46. The molecule has 0 unspecified atom stereocenters. The van der Waals surface area contributed by atoms with Crippen LogP contribution >= 0.6 is 11.8 Å². The Balaban J connectivity index is 1.78. The number of benzene rings is 4. The number of hydrogen-bond donors (Lipinski definition) is 0. The molecule has 1 aliphatic rings. The molecule has 6 rings (SSSR count). The van der Waals surface area contributed by atoms with Gasteiger partial charge in [0.25, 0.3) is 0 Å². The molecule has 0 atom stereocenters. The van der Waals surface area contributed by atoms with Crippen molar-refractivity contribution in [3.63, 3.8) is 0 Å². The molecule has 0 amide bonds. The van der Waals surface area contributed by atoms with Gasteiger partial charge in [0.1, 0.15) is 0 Å². The first-order chi connectivity index (χ1) is 13.8. The average Bonchev–Trinajstić information content (AvgIpc) is 3.07. The Hall–Kier alpha value is -2.97. The molecule has 0 N–H and O–H groups in total. The average molecular weight is 378 g/mol. The van der Waals surface area contributed by atoms with E-state index in [0.717, 1.165) is 5.75 Å². The van der Waals surface area contributed by atoms with Crippen LogP contribution in [0.1, 0.15) is 11.1 Å². The first kappa shape index (κ1) is 16.0. The number of aryl methyl sites for hydroxylation is 1. The van der Waals surface area contributed by atoms with Gasteiger partial charge in [-0.3, -0.25) is 0 Å². The molecule has 28 heavy (non-hydrogen) atoms. The molecule has 4 aromatic carbocycles. The van der Waals surface area contributed by atoms with Crippen molar-refractivity contribution in [1.82, 2.24) is 4.57 Å². The highest BCUT2D eigenvalue weighted by Crippen LogP contribution is 2.46. The maximum absolute atomic E-state index is 2.42. The van der Waals surface area contributed by atoms with Crippen LogP contribution in [0.5, 0.6) is 0 Å². The number of rotatable bonds is 1. The number of fused-ring (bicyclic) bond motifs is 7. The molecule has 0 saturated heterocycles. The van der Waals surface area contributed by atoms with Gasteiger partial charge in [-0.05, 0) is 59.5 Å². The van der Waals surface area contributed by atoms with Crippen LogP contribution < -0.4 is 0 Å². The highest BCUT2D eigenvalue weighted by Gasteiger charge is 2.22. The Bertz CT molecular complexity index is 1360. The molecular weight excluding hydrogens is 358 g/mol. The van der Waals surface area contributed by atoms with Gasteiger partial charge in [-0.25, -0.2) is 0 Å². The monoisotopic (exact) mass is 377 g/mol. The molecule has 5 aromatic rings. The molecule has 0 saturated carbocycles. The lowest BCUT2D eigenvalue weighted by atomic mass is 9.95. The summed E-state index contributed by atoms with van der Waals surface area (Å²) in [6.45, 7) is 2.17. The maximum Gasteiger partial charge on any atom is 0.0544 e. The molecule has 0 fully saturated rings. The minimum absolute atomic E-state index is 1.02. The van der Waals surface area contributed by atoms with Crippen LogP contribution in [-0.2, 0) is 5.75 Å². The second-order valence-corrected chi connectivity index (χ2v) is 8.48. The van der Waals surface area contributed by atoms with E-state index in [1.807, 2.05) is 11.8 Å². The zero-order valence-corrected chi connectivity index (χ0v) is 16.5. The van der Waals surface area contributed by atoms with Crippen LogP contribution in [0.3, 0.4) is 0 Å². The van der Waals surface area contributed by atoms with Crippen molar-refractivity contribution in [1.29, 1.82) is 0 Å². The predicted molar refractivity (Wildman–Crippen MR) is 121 cm³/mol. The molecule has 0 spiro atoms. The third-order valence-corrected chi connectivity index (χ3v) is 6.86. The van der Waals surface area contributed by atoms with Crippen LogP contribution in [0.4, 0.5) is 0 Å². The van der Waals surface area contributed by atoms with Crippen molar-refractivity contribution in [3.8, 4) is 16.8 Å². The van der Waals surface area contributed by atoms with Crippen LogP contribution in [0.25, 0.3) is 38.6 Å². The summed E-state index contributed by atoms with van der Waals surface area (Å²) in [4.78, 5) is 1.39. The summed E-state index contributed by atoms with van der Waals surface area (Å²) in [5.41, 5.74) is 9.31. The zero-order valence-electron chi connectivity index (χ0n) is 15.6. The smallest absolute Gasteiger partial charge is 0.0544 e. The zero-order chi connectivity index (χ0) is 18.7. The number of thioether (sulfide) groups is 1. The van der Waals surface area contributed by atoms with Gasteiger partial charge in [0.05, 0.1) is 11.0 Å². The number of nitrogens with zero attached hydrogens (tertiary/aromatic N) is 1. The lowest BCUT2D eigenvalue weighted by molar-refractivity contribution is 1.17. The summed E-state index contributed by atoms with van der Waals surface area (Å²) < 4.78 is 2.42. The van der Waals surface area contributed by atoms with Gasteiger partial charge in [0, 0.05) is 27.1 Å². The van der Waals surface area contributed by atoms with E-state index < -0.39 is 0 Å². The Morgan fingerprint density at radius 1 is 0.750 bits per heavy atom. The van der Waals surface area contributed by atoms with E-state index in [9.17, 15) is 0 Å². The predicted octanol–water partition coefficient (Wildman–Crippen LogP) is 7.36. The quantitative estimate of drug-likeness (QED) is 0.295. The van der Waals surface area contributed by atoms with E-state index in [4.69, 9.17) is 0 Å². The number of hydrogen-bond acceptors (Lipinski definition) is 1. The molecule has 1 aromatic heterocycles. The van der Waals surface area contributed by atoms with Gasteiger partial charge in [-0.2, -0.15) is 0 Å². The molecule has 0 radical (unpaired) electrons. The Labute approximate surface area is 168 Å². The highest BCUT2D eigenvalue weighted by molar-refractivity contribution is 7.98. The molecule has 1 aliphatic heterocycles. The van der Waals surface area contributed by atoms with Crippen molar-refractivity contribution >= 4 is 33.6 Å². The Morgan fingerprint density at radius 2 is 1.57 bits per heavy atom. The third kappa shape index (κ3) is 2.22. The van der Waals surface area contributed by atoms with Crippen LogP contribution in [-0.4, -0.2) is 4.57 Å². The number of aromatic nitrogens is 1. The van der Waals surface area contributed by atoms with Crippen LogP contribution in [0.15, 0.2) is 89.8 Å². The Morgan fingerprint density at radius 3 is 2.46 bits per heavy atom. The fourth-order valence-electron chi connectivity index (χ4n) is 4.51. The molecule has 0 bridgehead atoms. The minimum Gasteiger partial charge on any atom is -0.309 e. The molecule has 0 aliphatic carbocycles. The molecule has 1 nitrogen and oxygen atoms in total. The summed E-state index contributed by atoms with van der Waals surface area (Å²) in [7, 11) is 0. The van der Waals surface area contributed by atoms with Gasteiger partial charge in [0.2, 0.25) is 0 Å². The van der Waals surface area contributed by atoms with Crippen LogP contribution in [0, 0.1) is 6.92 Å². The van der Waals surface area contributed by atoms with Crippen molar-refractivity contribution in [2.75, 3.05) is 0 Å². The van der Waals surface area contributed by atoms with E-state index in [1.165, 1.54) is 54.6 Å². The van der Waals surface area contributed by atoms with E-state index >= 15 is 0 Å². The van der Waals surface area contributed by atoms with Crippen molar-refractivity contribution in [3.05, 3.63) is 96.1 Å². The van der Waals surface area contributed by atoms with E-state index in [1.54, 1.807) is 0 Å². The van der Waals surface area contributed by atoms with E-state index in [-0.39, 0.29) is 0 Å². The van der Waals surface area contributed by atoms with Crippen molar-refractivity contribution in [2.24, 2.45) is 0 Å². The summed E-state index contributed by atoms with van der Waals surface area (Å²) >= 11 is 1.95. The minimum atomic E-state index is 1.02. The first-order valence-corrected chi connectivity index (χ1v) is 10.6.